The number of para-hydroxylation sites is 1. The highest BCUT2D eigenvalue weighted by atomic mass is 35.5. The van der Waals surface area contributed by atoms with E-state index in [1.165, 1.54) is 6.07 Å². The first-order valence-electron chi connectivity index (χ1n) is 10.1. The predicted octanol–water partition coefficient (Wildman–Crippen LogP) is 8.07. The minimum atomic E-state index is -4.96. The molecule has 0 saturated carbocycles. The van der Waals surface area contributed by atoms with Gasteiger partial charge in [0.2, 0.25) is 0 Å². The van der Waals surface area contributed by atoms with E-state index in [9.17, 15) is 26.3 Å². The van der Waals surface area contributed by atoms with E-state index in [4.69, 9.17) is 4.74 Å². The average molecular weight is 500 g/mol. The van der Waals surface area contributed by atoms with Gasteiger partial charge < -0.3 is 4.74 Å². The van der Waals surface area contributed by atoms with Crippen molar-refractivity contribution in [1.29, 1.82) is 0 Å². The number of ether oxygens (including phenoxy) is 1. The Morgan fingerprint density at radius 1 is 0.765 bits per heavy atom. The summed E-state index contributed by atoms with van der Waals surface area (Å²) in [6.07, 6.45) is -9.92. The first kappa shape index (κ1) is 25.6. The summed E-state index contributed by atoms with van der Waals surface area (Å²) in [5, 5.41) is 0. The Morgan fingerprint density at radius 2 is 1.29 bits per heavy atom. The Morgan fingerprint density at radius 3 is 1.88 bits per heavy atom. The van der Waals surface area contributed by atoms with E-state index in [-0.39, 0.29) is 29.6 Å². The summed E-state index contributed by atoms with van der Waals surface area (Å²) in [5.41, 5.74) is -0.166. The summed E-state index contributed by atoms with van der Waals surface area (Å²) >= 11 is 0. The van der Waals surface area contributed by atoms with E-state index < -0.39 is 29.2 Å². The van der Waals surface area contributed by atoms with Gasteiger partial charge in [0.25, 0.3) is 0 Å². The molecule has 3 aromatic rings. The van der Waals surface area contributed by atoms with Gasteiger partial charge in [-0.2, -0.15) is 26.3 Å². The Balaban J connectivity index is 0.00000324. The molecule has 0 aliphatic carbocycles. The number of hydrogen-bond acceptors (Lipinski definition) is 2. The van der Waals surface area contributed by atoms with Crippen LogP contribution >= 0.6 is 12.4 Å². The van der Waals surface area contributed by atoms with Crippen LogP contribution in [0.1, 0.15) is 41.7 Å². The van der Waals surface area contributed by atoms with Gasteiger partial charge in [-0.25, -0.2) is 0 Å². The monoisotopic (exact) mass is 499 g/mol. The number of alkyl halides is 6. The molecule has 0 unspecified atom stereocenters. The third-order valence-corrected chi connectivity index (χ3v) is 5.47. The van der Waals surface area contributed by atoms with Crippen LogP contribution in [-0.4, -0.2) is 12.3 Å². The van der Waals surface area contributed by atoms with Gasteiger partial charge in [0.05, 0.1) is 16.8 Å². The molecule has 0 N–H and O–H groups in total. The van der Waals surface area contributed by atoms with Gasteiger partial charge >= 0.3 is 12.4 Å². The summed E-state index contributed by atoms with van der Waals surface area (Å²) in [5.74, 6) is -0.451. The predicted molar refractivity (Wildman–Crippen MR) is 120 cm³/mol. The lowest BCUT2D eigenvalue weighted by Crippen LogP contribution is -2.30. The molecule has 2 nitrogen and oxygen atoms in total. The molecule has 0 amide bonds. The highest BCUT2D eigenvalue weighted by molar-refractivity contribution is 6.16. The molecule has 4 rings (SSSR count). The van der Waals surface area contributed by atoms with E-state index in [0.717, 1.165) is 11.1 Å². The van der Waals surface area contributed by atoms with Crippen molar-refractivity contribution in [1.82, 2.24) is 0 Å². The van der Waals surface area contributed by atoms with Crippen molar-refractivity contribution in [3.63, 3.8) is 0 Å². The Hall–Kier alpha value is -3.00. The summed E-state index contributed by atoms with van der Waals surface area (Å²) in [7, 11) is 0. The molecule has 1 aliphatic heterocycles. The molecular formula is C25H20ClF6NO. The summed E-state index contributed by atoms with van der Waals surface area (Å²) in [6, 6.07) is 15.3. The normalized spacial score (nSPS) is 15.1. The van der Waals surface area contributed by atoms with Crippen molar-refractivity contribution in [2.45, 2.75) is 31.6 Å². The highest BCUT2D eigenvalue weighted by Gasteiger charge is 2.37. The molecular weight excluding hydrogens is 480 g/mol. The van der Waals surface area contributed by atoms with Crippen molar-refractivity contribution >= 4 is 18.1 Å². The zero-order valence-electron chi connectivity index (χ0n) is 18.1. The molecule has 1 heterocycles. The van der Waals surface area contributed by atoms with Crippen LogP contribution in [0.15, 0.2) is 71.7 Å². The minimum absolute atomic E-state index is 0. The van der Waals surface area contributed by atoms with Crippen LogP contribution in [0.25, 0.3) is 0 Å². The van der Waals surface area contributed by atoms with E-state index in [1.54, 1.807) is 18.2 Å². The molecule has 1 aliphatic rings. The topological polar surface area (TPSA) is 21.6 Å². The fraction of sp³-hybridized carbons (Fsp3) is 0.240. The molecule has 0 fully saturated rings. The van der Waals surface area contributed by atoms with E-state index in [1.807, 2.05) is 24.3 Å². The van der Waals surface area contributed by atoms with Crippen LogP contribution in [0.2, 0.25) is 0 Å². The van der Waals surface area contributed by atoms with Crippen molar-refractivity contribution in [3.8, 4) is 11.5 Å². The van der Waals surface area contributed by atoms with Crippen LogP contribution in [0.5, 0.6) is 11.5 Å². The minimum Gasteiger partial charge on any atom is -0.457 e. The summed E-state index contributed by atoms with van der Waals surface area (Å²) < 4.78 is 85.1. The third-order valence-electron chi connectivity index (χ3n) is 5.47. The molecule has 0 saturated heterocycles. The quantitative estimate of drug-likeness (QED) is 0.334. The van der Waals surface area contributed by atoms with Crippen LogP contribution in [0, 0.1) is 0 Å². The molecule has 0 spiro atoms. The van der Waals surface area contributed by atoms with E-state index in [0.29, 0.717) is 30.0 Å². The first-order chi connectivity index (χ1) is 15.4. The van der Waals surface area contributed by atoms with Gasteiger partial charge in [-0.05, 0) is 35.9 Å². The lowest BCUT2D eigenvalue weighted by molar-refractivity contribution is -0.143. The van der Waals surface area contributed by atoms with Crippen molar-refractivity contribution in [2.24, 2.45) is 4.99 Å². The van der Waals surface area contributed by atoms with Gasteiger partial charge in [-0.15, -0.1) is 12.4 Å². The molecule has 0 radical (unpaired) electrons. The lowest BCUT2D eigenvalue weighted by atomic mass is 9.77. The average Bonchev–Trinajstić information content (AvgIpc) is 2.73. The van der Waals surface area contributed by atoms with Crippen molar-refractivity contribution in [3.05, 3.63) is 94.5 Å². The zero-order chi connectivity index (χ0) is 24.0. The third kappa shape index (κ3) is 5.06. The smallest absolute Gasteiger partial charge is 0.416 e. The molecule has 34 heavy (non-hydrogen) atoms. The number of nitrogens with zero attached hydrogens (tertiary/aromatic N) is 1. The Bertz CT molecular complexity index is 1200. The SMILES string of the molecule is CC1(C)CN=C(c2ccccc2Oc2cc(C(F)(F)F)cc(C(F)(F)F)c2)c2ccccc21.Cl. The molecule has 0 aromatic heterocycles. The molecule has 3 aromatic carbocycles. The summed E-state index contributed by atoms with van der Waals surface area (Å²) in [6.45, 7) is 4.57. The maximum Gasteiger partial charge on any atom is 0.416 e. The highest BCUT2D eigenvalue weighted by Crippen LogP contribution is 2.40. The van der Waals surface area contributed by atoms with Gasteiger partial charge in [-0.3, -0.25) is 4.99 Å². The molecule has 9 heteroatoms. The number of benzene rings is 3. The summed E-state index contributed by atoms with van der Waals surface area (Å²) in [4.78, 5) is 4.69. The molecule has 0 atom stereocenters. The Labute approximate surface area is 198 Å². The van der Waals surface area contributed by atoms with Gasteiger partial charge in [0.1, 0.15) is 11.5 Å². The van der Waals surface area contributed by atoms with E-state index >= 15 is 0 Å². The van der Waals surface area contributed by atoms with Crippen molar-refractivity contribution in [2.75, 3.05) is 6.54 Å². The van der Waals surface area contributed by atoms with Crippen LogP contribution in [-0.2, 0) is 17.8 Å². The first-order valence-corrected chi connectivity index (χ1v) is 10.1. The number of aliphatic imine (C=N–C) groups is 1. The molecule has 180 valence electrons. The second kappa shape index (κ2) is 8.98. The maximum atomic E-state index is 13.2. The second-order valence-electron chi connectivity index (χ2n) is 8.43. The standard InChI is InChI=1S/C25H19F6NO.ClH/c1-23(2)14-32-22(18-7-3-5-9-20(18)23)19-8-4-6-10-21(19)33-17-12-15(24(26,27)28)11-16(13-17)25(29,30)31;/h3-13H,14H2,1-2H3;1H. The Kier molecular flexibility index (Phi) is 6.77. The molecule has 0 bridgehead atoms. The van der Waals surface area contributed by atoms with Crippen molar-refractivity contribution < 1.29 is 31.1 Å². The number of halogens is 7. The lowest BCUT2D eigenvalue weighted by Gasteiger charge is -2.31. The maximum absolute atomic E-state index is 13.2. The largest absolute Gasteiger partial charge is 0.457 e. The van der Waals surface area contributed by atoms with Crippen LogP contribution in [0.4, 0.5) is 26.3 Å². The van der Waals surface area contributed by atoms with Gasteiger partial charge in [-0.1, -0.05) is 50.2 Å². The van der Waals surface area contributed by atoms with E-state index in [2.05, 4.69) is 18.8 Å². The van der Waals surface area contributed by atoms with Crippen LogP contribution < -0.4 is 4.74 Å². The second-order valence-corrected chi connectivity index (χ2v) is 8.43. The number of fused-ring (bicyclic) bond motifs is 1. The zero-order valence-corrected chi connectivity index (χ0v) is 18.9. The van der Waals surface area contributed by atoms with Gasteiger partial charge in [0.15, 0.2) is 0 Å². The number of rotatable bonds is 3. The van der Waals surface area contributed by atoms with Crippen LogP contribution in [0.3, 0.4) is 0 Å². The van der Waals surface area contributed by atoms with Gasteiger partial charge in [0, 0.05) is 23.1 Å². The fourth-order valence-corrected chi connectivity index (χ4v) is 3.82. The fourth-order valence-electron chi connectivity index (χ4n) is 3.82. The number of hydrogen-bond donors (Lipinski definition) is 0.